The Labute approximate surface area is 80.0 Å². The predicted molar refractivity (Wildman–Crippen MR) is 49.2 cm³/mol. The standard InChI is InChI=1S/C9H6ClFN2/c10-8-2-1-6(4-9(8)11)3-7(13)5-12/h1-4H,13H2. The maximum Gasteiger partial charge on any atom is 0.142 e. The molecule has 1 rings (SSSR count). The predicted octanol–water partition coefficient (Wildman–Crippen LogP) is 2.30. The van der Waals surface area contributed by atoms with Crippen LogP contribution in [-0.4, -0.2) is 0 Å². The molecule has 0 unspecified atom stereocenters. The third-order valence-corrected chi connectivity index (χ3v) is 1.70. The summed E-state index contributed by atoms with van der Waals surface area (Å²) in [6.45, 7) is 0. The summed E-state index contributed by atoms with van der Waals surface area (Å²) in [6, 6.07) is 5.93. The first kappa shape index (κ1) is 9.56. The molecule has 0 atom stereocenters. The van der Waals surface area contributed by atoms with Gasteiger partial charge in [-0.3, -0.25) is 0 Å². The van der Waals surface area contributed by atoms with Gasteiger partial charge in [-0.05, 0) is 23.8 Å². The number of allylic oxidation sites excluding steroid dienone is 1. The molecule has 1 aromatic rings. The molecule has 0 fully saturated rings. The zero-order valence-electron chi connectivity index (χ0n) is 6.59. The van der Waals surface area contributed by atoms with Gasteiger partial charge in [-0.15, -0.1) is 0 Å². The van der Waals surface area contributed by atoms with Crippen molar-refractivity contribution in [2.24, 2.45) is 5.73 Å². The molecule has 0 radical (unpaired) electrons. The third kappa shape index (κ3) is 2.46. The van der Waals surface area contributed by atoms with Crippen molar-refractivity contribution in [1.82, 2.24) is 0 Å². The van der Waals surface area contributed by atoms with Crippen molar-refractivity contribution in [2.45, 2.75) is 0 Å². The van der Waals surface area contributed by atoms with Crippen molar-refractivity contribution in [2.75, 3.05) is 0 Å². The van der Waals surface area contributed by atoms with Crippen molar-refractivity contribution in [3.8, 4) is 6.07 Å². The van der Waals surface area contributed by atoms with Crippen LogP contribution in [0.15, 0.2) is 23.9 Å². The molecule has 0 aliphatic carbocycles. The number of halogens is 2. The highest BCUT2D eigenvalue weighted by Crippen LogP contribution is 2.16. The van der Waals surface area contributed by atoms with Crippen molar-refractivity contribution in [3.63, 3.8) is 0 Å². The van der Waals surface area contributed by atoms with Crippen molar-refractivity contribution in [3.05, 3.63) is 40.3 Å². The molecule has 0 heterocycles. The van der Waals surface area contributed by atoms with E-state index in [4.69, 9.17) is 22.6 Å². The van der Waals surface area contributed by atoms with Gasteiger partial charge < -0.3 is 5.73 Å². The van der Waals surface area contributed by atoms with Crippen LogP contribution in [-0.2, 0) is 0 Å². The van der Waals surface area contributed by atoms with E-state index in [2.05, 4.69) is 0 Å². The smallest absolute Gasteiger partial charge is 0.142 e. The fraction of sp³-hybridized carbons (Fsp3) is 0. The molecule has 2 nitrogen and oxygen atoms in total. The van der Waals surface area contributed by atoms with Crippen molar-refractivity contribution in [1.29, 1.82) is 5.26 Å². The fourth-order valence-corrected chi connectivity index (χ4v) is 0.932. The van der Waals surface area contributed by atoms with Gasteiger partial charge in [0.05, 0.1) is 5.02 Å². The highest BCUT2D eigenvalue weighted by molar-refractivity contribution is 6.30. The first-order chi connectivity index (χ1) is 6.13. The van der Waals surface area contributed by atoms with E-state index in [0.717, 1.165) is 0 Å². The van der Waals surface area contributed by atoms with Crippen LogP contribution in [0.5, 0.6) is 0 Å². The number of nitrogens with two attached hydrogens (primary N) is 1. The highest BCUT2D eigenvalue weighted by Gasteiger charge is 1.99. The maximum atomic E-state index is 12.8. The van der Waals surface area contributed by atoms with Gasteiger partial charge in [-0.1, -0.05) is 17.7 Å². The summed E-state index contributed by atoms with van der Waals surface area (Å²) in [5.74, 6) is -0.527. The summed E-state index contributed by atoms with van der Waals surface area (Å²) in [5, 5.41) is 8.41. The van der Waals surface area contributed by atoms with Gasteiger partial charge >= 0.3 is 0 Å². The average molecular weight is 197 g/mol. The second kappa shape index (κ2) is 3.92. The Balaban J connectivity index is 3.07. The number of nitrogens with zero attached hydrogens (tertiary/aromatic N) is 1. The first-order valence-electron chi connectivity index (χ1n) is 3.46. The second-order valence-corrected chi connectivity index (χ2v) is 2.79. The summed E-state index contributed by atoms with van der Waals surface area (Å²) >= 11 is 5.46. The zero-order chi connectivity index (χ0) is 9.84. The summed E-state index contributed by atoms with van der Waals surface area (Å²) in [4.78, 5) is 0. The maximum absolute atomic E-state index is 12.8. The van der Waals surface area contributed by atoms with Gasteiger partial charge in [0.2, 0.25) is 0 Å². The molecule has 0 amide bonds. The molecule has 0 aliphatic heterocycles. The summed E-state index contributed by atoms with van der Waals surface area (Å²) < 4.78 is 12.8. The monoisotopic (exact) mass is 196 g/mol. The number of hydrogen-bond donors (Lipinski definition) is 1. The van der Waals surface area contributed by atoms with Crippen LogP contribution in [0.4, 0.5) is 4.39 Å². The second-order valence-electron chi connectivity index (χ2n) is 2.39. The number of nitriles is 1. The van der Waals surface area contributed by atoms with E-state index >= 15 is 0 Å². The molecular formula is C9H6ClFN2. The SMILES string of the molecule is N#CC(N)=Cc1ccc(Cl)c(F)c1. The number of benzene rings is 1. The summed E-state index contributed by atoms with van der Waals surface area (Å²) in [6.07, 6.45) is 1.37. The van der Waals surface area contributed by atoms with Gasteiger partial charge in [0.1, 0.15) is 17.6 Å². The van der Waals surface area contributed by atoms with E-state index in [1.807, 2.05) is 0 Å². The van der Waals surface area contributed by atoms with Crippen LogP contribution < -0.4 is 5.73 Å². The van der Waals surface area contributed by atoms with Crippen LogP contribution in [0.2, 0.25) is 5.02 Å². The molecule has 66 valence electrons. The van der Waals surface area contributed by atoms with Gasteiger partial charge in [-0.25, -0.2) is 4.39 Å². The Morgan fingerprint density at radius 3 is 2.85 bits per heavy atom. The van der Waals surface area contributed by atoms with Gasteiger partial charge in [0.15, 0.2) is 0 Å². The molecule has 0 saturated heterocycles. The molecular weight excluding hydrogens is 191 g/mol. The van der Waals surface area contributed by atoms with E-state index in [-0.39, 0.29) is 10.7 Å². The lowest BCUT2D eigenvalue weighted by atomic mass is 10.2. The average Bonchev–Trinajstić information content (AvgIpc) is 2.11. The molecule has 2 N–H and O–H groups in total. The highest BCUT2D eigenvalue weighted by atomic mass is 35.5. The van der Waals surface area contributed by atoms with Gasteiger partial charge in [-0.2, -0.15) is 5.26 Å². The first-order valence-corrected chi connectivity index (χ1v) is 3.83. The molecule has 13 heavy (non-hydrogen) atoms. The Bertz CT molecular complexity index is 393. The Hall–Kier alpha value is -1.53. The lowest BCUT2D eigenvalue weighted by molar-refractivity contribution is 0.628. The van der Waals surface area contributed by atoms with E-state index in [0.29, 0.717) is 5.56 Å². The molecule has 1 aromatic carbocycles. The molecule has 0 spiro atoms. The minimum absolute atomic E-state index is 0.0294. The summed E-state index contributed by atoms with van der Waals surface area (Å²) in [5.41, 5.74) is 5.78. The number of hydrogen-bond acceptors (Lipinski definition) is 2. The van der Waals surface area contributed by atoms with Crippen LogP contribution in [0.25, 0.3) is 6.08 Å². The minimum Gasteiger partial charge on any atom is -0.390 e. The quantitative estimate of drug-likeness (QED) is 0.701. The lowest BCUT2D eigenvalue weighted by Gasteiger charge is -1.96. The van der Waals surface area contributed by atoms with E-state index < -0.39 is 5.82 Å². The number of rotatable bonds is 1. The zero-order valence-corrected chi connectivity index (χ0v) is 7.35. The molecule has 4 heteroatoms. The Morgan fingerprint density at radius 1 is 1.62 bits per heavy atom. The van der Waals surface area contributed by atoms with Crippen molar-refractivity contribution < 1.29 is 4.39 Å². The van der Waals surface area contributed by atoms with Gasteiger partial charge in [0.25, 0.3) is 0 Å². The topological polar surface area (TPSA) is 49.8 Å². The molecule has 0 bridgehead atoms. The van der Waals surface area contributed by atoms with Crippen molar-refractivity contribution >= 4 is 17.7 Å². The normalized spacial score (nSPS) is 11.0. The van der Waals surface area contributed by atoms with Crippen LogP contribution in [0.3, 0.4) is 0 Å². The van der Waals surface area contributed by atoms with E-state index in [9.17, 15) is 4.39 Å². The third-order valence-electron chi connectivity index (χ3n) is 1.39. The molecule has 0 aliphatic rings. The Kier molecular flexibility index (Phi) is 2.88. The largest absolute Gasteiger partial charge is 0.390 e. The van der Waals surface area contributed by atoms with E-state index in [1.54, 1.807) is 12.1 Å². The van der Waals surface area contributed by atoms with Crippen LogP contribution in [0, 0.1) is 17.1 Å². The lowest BCUT2D eigenvalue weighted by Crippen LogP contribution is -1.92. The van der Waals surface area contributed by atoms with E-state index in [1.165, 1.54) is 18.2 Å². The molecule has 0 saturated carbocycles. The molecule has 0 aromatic heterocycles. The van der Waals surface area contributed by atoms with Crippen LogP contribution >= 0.6 is 11.6 Å². The van der Waals surface area contributed by atoms with Gasteiger partial charge in [0, 0.05) is 0 Å². The van der Waals surface area contributed by atoms with Crippen LogP contribution in [0.1, 0.15) is 5.56 Å². The minimum atomic E-state index is -0.527. The summed E-state index contributed by atoms with van der Waals surface area (Å²) in [7, 11) is 0. The Morgan fingerprint density at radius 2 is 2.31 bits per heavy atom. The fourth-order valence-electron chi connectivity index (χ4n) is 0.814.